The molecule has 0 amide bonds. The molecule has 4 nitrogen and oxygen atoms in total. The molecule has 0 radical (unpaired) electrons. The van der Waals surface area contributed by atoms with Gasteiger partial charge in [0.05, 0.1) is 4.90 Å². The summed E-state index contributed by atoms with van der Waals surface area (Å²) in [5.41, 5.74) is 6.84. The summed E-state index contributed by atoms with van der Waals surface area (Å²) in [6.07, 6.45) is 0. The number of likely N-dealkylation sites (N-methyl/N-ethyl adjacent to an activating group) is 1. The summed E-state index contributed by atoms with van der Waals surface area (Å²) < 4.78 is 25.9. The van der Waals surface area contributed by atoms with Crippen molar-refractivity contribution in [3.8, 4) is 0 Å². The zero-order valence-electron chi connectivity index (χ0n) is 10.2. The zero-order valence-corrected chi connectivity index (χ0v) is 11.0. The van der Waals surface area contributed by atoms with Gasteiger partial charge in [-0.05, 0) is 25.1 Å². The van der Waals surface area contributed by atoms with Crippen LogP contribution in [0.3, 0.4) is 0 Å². The molecule has 0 aliphatic rings. The second kappa shape index (κ2) is 5.33. The molecule has 0 saturated carbocycles. The first kappa shape index (κ1) is 13.7. The SMILES string of the molecule is C=C(C)CN(CC)S(=O)(=O)c1cccc(N)c1. The molecule has 0 fully saturated rings. The number of nitrogen functional groups attached to an aromatic ring is 1. The third-order valence-corrected chi connectivity index (χ3v) is 4.21. The Hall–Kier alpha value is -1.33. The number of anilines is 1. The fourth-order valence-electron chi connectivity index (χ4n) is 1.49. The number of hydrogen-bond acceptors (Lipinski definition) is 3. The fourth-order valence-corrected chi connectivity index (χ4v) is 3.06. The second-order valence-electron chi connectivity index (χ2n) is 3.96. The molecule has 1 aromatic carbocycles. The molecule has 94 valence electrons. The van der Waals surface area contributed by atoms with Crippen LogP contribution in [0.25, 0.3) is 0 Å². The standard InChI is InChI=1S/C12H18N2O2S/c1-4-14(9-10(2)3)17(15,16)12-7-5-6-11(13)8-12/h5-8H,2,4,9,13H2,1,3H3. The molecule has 1 rings (SSSR count). The molecule has 0 unspecified atom stereocenters. The highest BCUT2D eigenvalue weighted by molar-refractivity contribution is 7.89. The molecule has 0 bridgehead atoms. The smallest absolute Gasteiger partial charge is 0.243 e. The average molecular weight is 254 g/mol. The molecular formula is C12H18N2O2S. The van der Waals surface area contributed by atoms with Crippen molar-refractivity contribution in [2.75, 3.05) is 18.8 Å². The minimum atomic E-state index is -3.48. The number of nitrogens with two attached hydrogens (primary N) is 1. The molecule has 0 heterocycles. The van der Waals surface area contributed by atoms with E-state index in [4.69, 9.17) is 5.73 Å². The molecule has 0 aliphatic carbocycles. The van der Waals surface area contributed by atoms with Crippen molar-refractivity contribution >= 4 is 15.7 Å². The van der Waals surface area contributed by atoms with E-state index in [1.165, 1.54) is 10.4 Å². The summed E-state index contributed by atoms with van der Waals surface area (Å²) in [5.74, 6) is 0. The summed E-state index contributed by atoms with van der Waals surface area (Å²) in [5, 5.41) is 0. The molecule has 0 spiro atoms. The van der Waals surface area contributed by atoms with E-state index in [0.29, 0.717) is 18.8 Å². The summed E-state index contributed by atoms with van der Waals surface area (Å²) in [6.45, 7) is 8.07. The predicted molar refractivity (Wildman–Crippen MR) is 70.1 cm³/mol. The zero-order chi connectivity index (χ0) is 13.1. The van der Waals surface area contributed by atoms with Crippen molar-refractivity contribution in [2.45, 2.75) is 18.7 Å². The highest BCUT2D eigenvalue weighted by Crippen LogP contribution is 2.18. The summed E-state index contributed by atoms with van der Waals surface area (Å²) in [6, 6.07) is 6.31. The maximum atomic E-state index is 12.3. The second-order valence-corrected chi connectivity index (χ2v) is 5.90. The van der Waals surface area contributed by atoms with Gasteiger partial charge in [0.25, 0.3) is 0 Å². The van der Waals surface area contributed by atoms with Crippen LogP contribution in [0.15, 0.2) is 41.3 Å². The topological polar surface area (TPSA) is 63.4 Å². The number of sulfonamides is 1. The van der Waals surface area contributed by atoms with Gasteiger partial charge in [0, 0.05) is 18.8 Å². The van der Waals surface area contributed by atoms with Gasteiger partial charge in [0.1, 0.15) is 0 Å². The van der Waals surface area contributed by atoms with Crippen molar-refractivity contribution in [1.29, 1.82) is 0 Å². The van der Waals surface area contributed by atoms with Gasteiger partial charge in [0.2, 0.25) is 10.0 Å². The third kappa shape index (κ3) is 3.31. The Kier molecular flexibility index (Phi) is 4.31. The van der Waals surface area contributed by atoms with E-state index < -0.39 is 10.0 Å². The van der Waals surface area contributed by atoms with Gasteiger partial charge in [-0.1, -0.05) is 25.1 Å². The van der Waals surface area contributed by atoms with Crippen molar-refractivity contribution in [3.63, 3.8) is 0 Å². The van der Waals surface area contributed by atoms with E-state index in [1.54, 1.807) is 32.0 Å². The first-order chi connectivity index (χ1) is 7.87. The lowest BCUT2D eigenvalue weighted by Gasteiger charge is -2.20. The Balaban J connectivity index is 3.13. The Morgan fingerprint density at radius 3 is 2.59 bits per heavy atom. The molecule has 1 aromatic rings. The van der Waals surface area contributed by atoms with Crippen LogP contribution in [0, 0.1) is 0 Å². The van der Waals surface area contributed by atoms with Crippen molar-refractivity contribution in [1.82, 2.24) is 4.31 Å². The van der Waals surface area contributed by atoms with Crippen molar-refractivity contribution < 1.29 is 8.42 Å². The minimum absolute atomic E-state index is 0.223. The molecule has 17 heavy (non-hydrogen) atoms. The summed E-state index contributed by atoms with van der Waals surface area (Å²) in [4.78, 5) is 0.223. The van der Waals surface area contributed by atoms with Gasteiger partial charge in [-0.3, -0.25) is 0 Å². The van der Waals surface area contributed by atoms with Crippen LogP contribution in [0.2, 0.25) is 0 Å². The fraction of sp³-hybridized carbons (Fsp3) is 0.333. The van der Waals surface area contributed by atoms with Gasteiger partial charge in [0.15, 0.2) is 0 Å². The van der Waals surface area contributed by atoms with Gasteiger partial charge >= 0.3 is 0 Å². The predicted octanol–water partition coefficient (Wildman–Crippen LogP) is 1.86. The Morgan fingerprint density at radius 2 is 2.12 bits per heavy atom. The first-order valence-electron chi connectivity index (χ1n) is 5.38. The van der Waals surface area contributed by atoms with Crippen LogP contribution in [-0.4, -0.2) is 25.8 Å². The van der Waals surface area contributed by atoms with Crippen LogP contribution in [0.5, 0.6) is 0 Å². The number of hydrogen-bond donors (Lipinski definition) is 1. The molecule has 2 N–H and O–H groups in total. The molecular weight excluding hydrogens is 236 g/mol. The van der Waals surface area contributed by atoms with E-state index in [1.807, 2.05) is 0 Å². The lowest BCUT2D eigenvalue weighted by Crippen LogP contribution is -2.32. The van der Waals surface area contributed by atoms with E-state index >= 15 is 0 Å². The summed E-state index contributed by atoms with van der Waals surface area (Å²) >= 11 is 0. The highest BCUT2D eigenvalue weighted by atomic mass is 32.2. The lowest BCUT2D eigenvalue weighted by molar-refractivity contribution is 0.453. The molecule has 0 aliphatic heterocycles. The number of benzene rings is 1. The third-order valence-electron chi connectivity index (χ3n) is 2.29. The van der Waals surface area contributed by atoms with E-state index in [0.717, 1.165) is 5.57 Å². The summed E-state index contributed by atoms with van der Waals surface area (Å²) in [7, 11) is -3.48. The molecule has 0 saturated heterocycles. The normalized spacial score (nSPS) is 11.7. The van der Waals surface area contributed by atoms with Crippen LogP contribution in [0.1, 0.15) is 13.8 Å². The van der Waals surface area contributed by atoms with Gasteiger partial charge in [-0.25, -0.2) is 8.42 Å². The lowest BCUT2D eigenvalue weighted by atomic mass is 10.3. The molecule has 0 aromatic heterocycles. The van der Waals surface area contributed by atoms with E-state index in [-0.39, 0.29) is 4.90 Å². The maximum absolute atomic E-state index is 12.3. The monoisotopic (exact) mass is 254 g/mol. The van der Waals surface area contributed by atoms with Crippen LogP contribution in [0.4, 0.5) is 5.69 Å². The quantitative estimate of drug-likeness (QED) is 0.644. The average Bonchev–Trinajstić information content (AvgIpc) is 2.25. The van der Waals surface area contributed by atoms with Crippen LogP contribution in [-0.2, 0) is 10.0 Å². The van der Waals surface area contributed by atoms with E-state index in [2.05, 4.69) is 6.58 Å². The minimum Gasteiger partial charge on any atom is -0.399 e. The van der Waals surface area contributed by atoms with Gasteiger partial charge < -0.3 is 5.73 Å². The largest absolute Gasteiger partial charge is 0.399 e. The van der Waals surface area contributed by atoms with Crippen molar-refractivity contribution in [3.05, 3.63) is 36.4 Å². The van der Waals surface area contributed by atoms with Gasteiger partial charge in [-0.15, -0.1) is 0 Å². The van der Waals surface area contributed by atoms with E-state index in [9.17, 15) is 8.42 Å². The molecule has 5 heteroatoms. The Labute approximate surface area is 103 Å². The van der Waals surface area contributed by atoms with Crippen LogP contribution < -0.4 is 5.73 Å². The first-order valence-corrected chi connectivity index (χ1v) is 6.82. The molecule has 0 atom stereocenters. The number of nitrogens with zero attached hydrogens (tertiary/aromatic N) is 1. The number of rotatable bonds is 5. The maximum Gasteiger partial charge on any atom is 0.243 e. The van der Waals surface area contributed by atoms with Crippen LogP contribution >= 0.6 is 0 Å². The Bertz CT molecular complexity index is 509. The highest BCUT2D eigenvalue weighted by Gasteiger charge is 2.22. The van der Waals surface area contributed by atoms with Crippen molar-refractivity contribution in [2.24, 2.45) is 0 Å². The van der Waals surface area contributed by atoms with Gasteiger partial charge in [-0.2, -0.15) is 4.31 Å². The Morgan fingerprint density at radius 1 is 1.47 bits per heavy atom.